The first-order valence-electron chi connectivity index (χ1n) is 10.2. The maximum absolute atomic E-state index is 14.1. The monoisotopic (exact) mass is 624 g/mol. The average Bonchev–Trinajstić information content (AvgIpc) is 3.20. The average molecular weight is 624 g/mol. The van der Waals surface area contributed by atoms with Crippen molar-refractivity contribution in [3.63, 3.8) is 0 Å². The minimum absolute atomic E-state index is 0.0620. The van der Waals surface area contributed by atoms with Gasteiger partial charge in [0.25, 0.3) is 5.97 Å². The fourth-order valence-electron chi connectivity index (χ4n) is 2.61. The molecule has 6 N–H and O–H groups in total. The van der Waals surface area contributed by atoms with Crippen molar-refractivity contribution in [2.75, 3.05) is 18.1 Å². The maximum atomic E-state index is 14.1. The molecule has 0 atom stereocenters. The summed E-state index contributed by atoms with van der Waals surface area (Å²) in [6, 6.07) is 7.23. The summed E-state index contributed by atoms with van der Waals surface area (Å²) in [4.78, 5) is 33.5. The van der Waals surface area contributed by atoms with Crippen LogP contribution >= 0.6 is 31.4 Å². The Morgan fingerprint density at radius 1 is 1.26 bits per heavy atom. The van der Waals surface area contributed by atoms with Crippen molar-refractivity contribution in [3.05, 3.63) is 51.5 Å². The van der Waals surface area contributed by atoms with Crippen molar-refractivity contribution in [1.82, 2.24) is 8.43 Å². The van der Waals surface area contributed by atoms with E-state index in [0.29, 0.717) is 19.9 Å². The van der Waals surface area contributed by atoms with E-state index in [4.69, 9.17) is 30.9 Å². The number of benzene rings is 1. The molecular formula is C22H30FIN4O6S. The number of carboxylic acid groups (broad SMARTS) is 2. The Morgan fingerprint density at radius 2 is 1.89 bits per heavy atom. The minimum atomic E-state index is -1.65. The number of nitrogens with one attached hydrogen (secondary N) is 2. The molecule has 0 aliphatic rings. The van der Waals surface area contributed by atoms with Gasteiger partial charge in [-0.25, -0.2) is 0 Å². The van der Waals surface area contributed by atoms with E-state index in [0.717, 1.165) is 17.9 Å². The summed E-state index contributed by atoms with van der Waals surface area (Å²) in [5.74, 6) is -3.63. The van der Waals surface area contributed by atoms with Crippen LogP contribution in [0.2, 0.25) is 0 Å². The molecule has 0 saturated carbocycles. The van der Waals surface area contributed by atoms with E-state index in [1.165, 1.54) is 23.5 Å². The second kappa shape index (κ2) is 14.7. The topological polar surface area (TPSA) is 166 Å². The van der Waals surface area contributed by atoms with Gasteiger partial charge < -0.3 is 10.8 Å². The molecule has 1 heterocycles. The predicted molar refractivity (Wildman–Crippen MR) is 141 cm³/mol. The van der Waals surface area contributed by atoms with Crippen LogP contribution in [0.1, 0.15) is 40.9 Å². The summed E-state index contributed by atoms with van der Waals surface area (Å²) in [6.07, 6.45) is 0. The van der Waals surface area contributed by atoms with Crippen LogP contribution < -0.4 is 15.8 Å². The van der Waals surface area contributed by atoms with Gasteiger partial charge in [-0.2, -0.15) is 0 Å². The van der Waals surface area contributed by atoms with Crippen molar-refractivity contribution >= 4 is 55.2 Å². The number of halogens is 2. The molecule has 0 spiro atoms. The van der Waals surface area contributed by atoms with E-state index in [2.05, 4.69) is 22.3 Å². The summed E-state index contributed by atoms with van der Waals surface area (Å²) < 4.78 is 22.7. The second-order valence-corrected chi connectivity index (χ2v) is 15.5. The fraction of sp³-hybridized carbons (Fsp3) is 0.364. The number of carbonyl (C=O) groups is 3. The van der Waals surface area contributed by atoms with Gasteiger partial charge >= 0.3 is 181 Å². The molecule has 1 aromatic carbocycles. The first-order valence-corrected chi connectivity index (χ1v) is 14.8. The van der Waals surface area contributed by atoms with Crippen molar-refractivity contribution < 1.29 is 33.7 Å². The molecule has 2 aromatic rings. The van der Waals surface area contributed by atoms with E-state index < -0.39 is 43.8 Å². The fourth-order valence-corrected chi connectivity index (χ4v) is 8.77. The molecule has 2 rings (SSSR count). The predicted octanol–water partition coefficient (Wildman–Crippen LogP) is 3.37. The third-order valence-corrected chi connectivity index (χ3v) is 11.8. The van der Waals surface area contributed by atoms with Crippen molar-refractivity contribution in [2.45, 2.75) is 31.2 Å². The molecule has 0 saturated heterocycles. The number of rotatable bonds is 11. The Bertz CT molecular complexity index is 1040. The molecule has 0 aliphatic carbocycles. The van der Waals surface area contributed by atoms with E-state index in [1.54, 1.807) is 6.07 Å². The Morgan fingerprint density at radius 3 is 2.40 bits per heavy atom. The van der Waals surface area contributed by atoms with Gasteiger partial charge in [0, 0.05) is 6.92 Å². The molecule has 194 valence electrons. The van der Waals surface area contributed by atoms with Gasteiger partial charge in [-0.3, -0.25) is 10.2 Å². The van der Waals surface area contributed by atoms with Crippen LogP contribution in [-0.4, -0.2) is 59.1 Å². The van der Waals surface area contributed by atoms with E-state index in [9.17, 15) is 14.0 Å². The van der Waals surface area contributed by atoms with Crippen LogP contribution in [0.25, 0.3) is 0 Å². The number of esters is 1. The van der Waals surface area contributed by atoms with Gasteiger partial charge in [0.2, 0.25) is 0 Å². The summed E-state index contributed by atoms with van der Waals surface area (Å²) in [7, 11) is 2.01. The Balaban J connectivity index is 0.00000142. The molecule has 35 heavy (non-hydrogen) atoms. The number of nitrogens with two attached hydrogens (primary N) is 1. The molecule has 0 bridgehead atoms. The molecule has 0 fully saturated rings. The Hall–Kier alpha value is -2.62. The summed E-state index contributed by atoms with van der Waals surface area (Å²) in [5, 5.41) is 26.6. The SMILES string of the molecule is CC(=O)O.CC(C)I(CNCC(=O)O)N(C)Cc1ccc(C(=O)Oc2ccc(C(=N)N)cc2F)s1. The zero-order valence-corrected chi connectivity index (χ0v) is 22.8. The number of carbonyl (C=O) groups excluding carboxylic acids is 1. The van der Waals surface area contributed by atoms with Gasteiger partial charge in [-0.1, -0.05) is 0 Å². The zero-order chi connectivity index (χ0) is 26.7. The number of ether oxygens (including phenoxy) is 1. The molecule has 0 aliphatic heterocycles. The van der Waals surface area contributed by atoms with Gasteiger partial charge in [-0.05, 0) is 0 Å². The first-order chi connectivity index (χ1) is 16.3. The van der Waals surface area contributed by atoms with Crippen molar-refractivity contribution in [2.24, 2.45) is 5.73 Å². The van der Waals surface area contributed by atoms with Crippen LogP contribution in [0.3, 0.4) is 0 Å². The molecule has 0 unspecified atom stereocenters. The Labute approximate surface area is 214 Å². The molecule has 13 heteroatoms. The third kappa shape index (κ3) is 11.1. The molecule has 0 amide bonds. The standard InChI is InChI=1S/C20H26FIN4O4S.C2H4O2/c1-12(2)22(11-25-9-18(27)28)26(3)10-14-5-7-17(31-14)20(29)30-16-6-4-13(19(23)24)8-15(16)21;1-2(3)4/h4-8,12,25H,9-11H2,1-3H3,(H3,23,24)(H,27,28);1H3,(H,3,4). The summed E-state index contributed by atoms with van der Waals surface area (Å²) in [6.45, 7) is 5.92. The number of hydrogen-bond acceptors (Lipinski definition) is 8. The number of nitrogen functional groups attached to an aromatic ring is 1. The van der Waals surface area contributed by atoms with Gasteiger partial charge in [0.05, 0.1) is 0 Å². The van der Waals surface area contributed by atoms with E-state index in [1.807, 2.05) is 13.1 Å². The van der Waals surface area contributed by atoms with Gasteiger partial charge in [-0.15, -0.1) is 0 Å². The number of carboxylic acids is 2. The number of alkyl halides is 2. The first kappa shape index (κ1) is 30.4. The van der Waals surface area contributed by atoms with Crippen LogP contribution in [0.4, 0.5) is 4.39 Å². The van der Waals surface area contributed by atoms with Crippen LogP contribution in [0, 0.1) is 11.2 Å². The van der Waals surface area contributed by atoms with Crippen molar-refractivity contribution in [3.8, 4) is 5.75 Å². The quantitative estimate of drug-likeness (QED) is 0.0368. The second-order valence-electron chi connectivity index (χ2n) is 7.34. The van der Waals surface area contributed by atoms with E-state index >= 15 is 0 Å². The third-order valence-electron chi connectivity index (χ3n) is 4.06. The normalized spacial score (nSPS) is 11.0. The van der Waals surface area contributed by atoms with E-state index in [-0.39, 0.29) is 23.7 Å². The number of amidine groups is 1. The molecular weight excluding hydrogens is 594 g/mol. The zero-order valence-electron chi connectivity index (χ0n) is 19.8. The number of thiophene rings is 1. The van der Waals surface area contributed by atoms with Crippen molar-refractivity contribution in [1.29, 1.82) is 5.41 Å². The Kier molecular flexibility index (Phi) is 12.8. The number of hydrogen-bond donors (Lipinski definition) is 5. The summed E-state index contributed by atoms with van der Waals surface area (Å²) in [5.41, 5.74) is 5.54. The molecule has 0 radical (unpaired) electrons. The van der Waals surface area contributed by atoms with Crippen LogP contribution in [0.15, 0.2) is 30.3 Å². The van der Waals surface area contributed by atoms with Gasteiger partial charge in [0.1, 0.15) is 0 Å². The molecule has 10 nitrogen and oxygen atoms in total. The number of aliphatic carboxylic acids is 2. The van der Waals surface area contributed by atoms with Crippen LogP contribution in [-0.2, 0) is 16.1 Å². The van der Waals surface area contributed by atoms with Gasteiger partial charge in [0.15, 0.2) is 0 Å². The molecule has 1 aromatic heterocycles. The summed E-state index contributed by atoms with van der Waals surface area (Å²) >= 11 is -0.370. The van der Waals surface area contributed by atoms with Crippen LogP contribution in [0.5, 0.6) is 5.75 Å². The number of nitrogens with zero attached hydrogens (tertiary/aromatic N) is 1.